The molecular weight excluding hydrogens is 538 g/mol. The first-order valence-electron chi connectivity index (χ1n) is 11.6. The lowest BCUT2D eigenvalue weighted by molar-refractivity contribution is -0.112. The van der Waals surface area contributed by atoms with Crippen LogP contribution in [0.2, 0.25) is 0 Å². The molecule has 0 unspecified atom stereocenters. The summed E-state index contributed by atoms with van der Waals surface area (Å²) in [4.78, 5) is 14.1. The number of aryl methyl sites for hydroxylation is 1. The van der Waals surface area contributed by atoms with Gasteiger partial charge in [-0.3, -0.25) is 4.79 Å². The zero-order valence-electron chi connectivity index (χ0n) is 19.8. The Hall–Kier alpha value is -3.59. The number of thiophene rings is 1. The van der Waals surface area contributed by atoms with Crippen molar-refractivity contribution in [3.63, 3.8) is 0 Å². The van der Waals surface area contributed by atoms with E-state index in [9.17, 15) is 15.3 Å². The van der Waals surface area contributed by atoms with Crippen LogP contribution < -0.4 is 14.8 Å². The van der Waals surface area contributed by atoms with E-state index in [0.717, 1.165) is 46.2 Å². The van der Waals surface area contributed by atoms with Gasteiger partial charge in [0, 0.05) is 9.35 Å². The molecular formula is C28H24BrN3O3S. The SMILES string of the molecule is CCOc1cc(/C=C(\C#N)C(=O)Nc2sc3c(c2C#N)CCCC3)ccc1OCc1ccc(Br)cc1. The van der Waals surface area contributed by atoms with Crippen molar-refractivity contribution in [1.29, 1.82) is 10.5 Å². The molecule has 8 heteroatoms. The summed E-state index contributed by atoms with van der Waals surface area (Å²) >= 11 is 4.86. The number of hydrogen-bond acceptors (Lipinski definition) is 6. The summed E-state index contributed by atoms with van der Waals surface area (Å²) in [5.74, 6) is 0.558. The molecule has 0 atom stereocenters. The van der Waals surface area contributed by atoms with E-state index < -0.39 is 5.91 Å². The van der Waals surface area contributed by atoms with E-state index in [1.54, 1.807) is 18.2 Å². The van der Waals surface area contributed by atoms with Crippen molar-refractivity contribution in [1.82, 2.24) is 0 Å². The Balaban J connectivity index is 1.52. The molecule has 1 aliphatic rings. The summed E-state index contributed by atoms with van der Waals surface area (Å²) in [6.07, 6.45) is 5.40. The van der Waals surface area contributed by atoms with Crippen LogP contribution in [-0.2, 0) is 24.2 Å². The largest absolute Gasteiger partial charge is 0.490 e. The minimum atomic E-state index is -0.541. The number of fused-ring (bicyclic) bond motifs is 1. The van der Waals surface area contributed by atoms with E-state index in [1.165, 1.54) is 17.4 Å². The summed E-state index contributed by atoms with van der Waals surface area (Å²) in [7, 11) is 0. The smallest absolute Gasteiger partial charge is 0.266 e. The van der Waals surface area contributed by atoms with E-state index in [0.29, 0.717) is 40.8 Å². The second kappa shape index (κ2) is 11.9. The molecule has 0 fully saturated rings. The van der Waals surface area contributed by atoms with E-state index in [-0.39, 0.29) is 5.57 Å². The molecule has 1 aliphatic carbocycles. The molecule has 182 valence electrons. The van der Waals surface area contributed by atoms with Crippen molar-refractivity contribution in [2.24, 2.45) is 0 Å². The van der Waals surface area contributed by atoms with Crippen molar-refractivity contribution < 1.29 is 14.3 Å². The van der Waals surface area contributed by atoms with Gasteiger partial charge in [-0.2, -0.15) is 10.5 Å². The fourth-order valence-corrected chi connectivity index (χ4v) is 5.50. The van der Waals surface area contributed by atoms with Crippen LogP contribution in [0.15, 0.2) is 52.5 Å². The standard InChI is InChI=1S/C28H24BrN3O3S/c1-2-34-25-14-19(9-12-24(25)35-17-18-7-10-21(29)11-8-18)13-20(15-30)27(33)32-28-23(16-31)22-5-3-4-6-26(22)36-28/h7-14H,2-6,17H2,1H3,(H,32,33)/b20-13+. The normalized spacial score (nSPS) is 12.7. The summed E-state index contributed by atoms with van der Waals surface area (Å²) in [6.45, 7) is 2.69. The van der Waals surface area contributed by atoms with Crippen LogP contribution in [-0.4, -0.2) is 12.5 Å². The predicted octanol–water partition coefficient (Wildman–Crippen LogP) is 6.78. The molecule has 0 spiro atoms. The van der Waals surface area contributed by atoms with Crippen molar-refractivity contribution in [2.45, 2.75) is 39.2 Å². The predicted molar refractivity (Wildman–Crippen MR) is 144 cm³/mol. The van der Waals surface area contributed by atoms with E-state index >= 15 is 0 Å². The van der Waals surface area contributed by atoms with Crippen LogP contribution in [0.5, 0.6) is 11.5 Å². The number of nitrogens with one attached hydrogen (secondary N) is 1. The maximum Gasteiger partial charge on any atom is 0.266 e. The summed E-state index contributed by atoms with van der Waals surface area (Å²) in [6, 6.07) is 17.4. The van der Waals surface area contributed by atoms with Crippen molar-refractivity contribution in [2.75, 3.05) is 11.9 Å². The molecule has 1 aromatic heterocycles. The molecule has 36 heavy (non-hydrogen) atoms. The van der Waals surface area contributed by atoms with Crippen LogP contribution in [0.4, 0.5) is 5.00 Å². The van der Waals surface area contributed by atoms with E-state index in [4.69, 9.17) is 9.47 Å². The van der Waals surface area contributed by atoms with Gasteiger partial charge in [0.25, 0.3) is 5.91 Å². The zero-order valence-corrected chi connectivity index (χ0v) is 22.2. The molecule has 1 N–H and O–H groups in total. The van der Waals surface area contributed by atoms with Gasteiger partial charge < -0.3 is 14.8 Å². The summed E-state index contributed by atoms with van der Waals surface area (Å²) in [5.41, 5.74) is 3.14. The molecule has 4 rings (SSSR count). The molecule has 0 bridgehead atoms. The number of nitrogens with zero attached hydrogens (tertiary/aromatic N) is 2. The van der Waals surface area contributed by atoms with Gasteiger partial charge in [0.05, 0.1) is 12.2 Å². The van der Waals surface area contributed by atoms with Crippen LogP contribution in [0.25, 0.3) is 6.08 Å². The van der Waals surface area contributed by atoms with Gasteiger partial charge in [-0.25, -0.2) is 0 Å². The number of hydrogen-bond donors (Lipinski definition) is 1. The van der Waals surface area contributed by atoms with E-state index in [2.05, 4.69) is 27.3 Å². The Morgan fingerprint density at radius 1 is 1.11 bits per heavy atom. The fourth-order valence-electron chi connectivity index (χ4n) is 4.00. The average Bonchev–Trinajstić information content (AvgIpc) is 3.24. The highest BCUT2D eigenvalue weighted by Gasteiger charge is 2.22. The molecule has 3 aromatic rings. The molecule has 6 nitrogen and oxygen atoms in total. The Morgan fingerprint density at radius 2 is 1.89 bits per heavy atom. The Labute approximate surface area is 222 Å². The van der Waals surface area contributed by atoms with Gasteiger partial charge in [0.2, 0.25) is 0 Å². The topological polar surface area (TPSA) is 95.1 Å². The third-order valence-corrected chi connectivity index (χ3v) is 7.50. The quantitative estimate of drug-likeness (QED) is 0.241. The van der Waals surface area contributed by atoms with Gasteiger partial charge in [-0.05, 0) is 79.6 Å². The molecule has 1 heterocycles. The molecule has 2 aromatic carbocycles. The van der Waals surface area contributed by atoms with Gasteiger partial charge in [0.15, 0.2) is 11.5 Å². The Bertz CT molecular complexity index is 1380. The fraction of sp³-hybridized carbons (Fsp3) is 0.250. The maximum absolute atomic E-state index is 12.9. The summed E-state index contributed by atoms with van der Waals surface area (Å²) in [5, 5.41) is 22.6. The highest BCUT2D eigenvalue weighted by atomic mass is 79.9. The third-order valence-electron chi connectivity index (χ3n) is 5.76. The number of halogens is 1. The number of ether oxygens (including phenoxy) is 2. The first-order chi connectivity index (χ1) is 17.5. The number of carbonyl (C=O) groups is 1. The van der Waals surface area contributed by atoms with Gasteiger partial charge in [0.1, 0.15) is 29.3 Å². The molecule has 1 amide bonds. The Kier molecular flexibility index (Phi) is 8.43. The van der Waals surface area contributed by atoms with Gasteiger partial charge >= 0.3 is 0 Å². The third kappa shape index (κ3) is 5.96. The number of carbonyl (C=O) groups excluding carboxylic acids is 1. The van der Waals surface area contributed by atoms with Gasteiger partial charge in [-0.15, -0.1) is 11.3 Å². The Morgan fingerprint density at radius 3 is 2.61 bits per heavy atom. The number of benzene rings is 2. The lowest BCUT2D eigenvalue weighted by atomic mass is 9.96. The monoisotopic (exact) mass is 561 g/mol. The summed E-state index contributed by atoms with van der Waals surface area (Å²) < 4.78 is 12.7. The molecule has 0 aliphatic heterocycles. The first kappa shape index (κ1) is 25.5. The van der Waals surface area contributed by atoms with Crippen molar-refractivity contribution in [3.8, 4) is 23.6 Å². The number of anilines is 1. The van der Waals surface area contributed by atoms with Crippen LogP contribution in [0, 0.1) is 22.7 Å². The second-order valence-electron chi connectivity index (χ2n) is 8.21. The second-order valence-corrected chi connectivity index (χ2v) is 10.2. The number of amides is 1. The maximum atomic E-state index is 12.9. The first-order valence-corrected chi connectivity index (χ1v) is 13.2. The highest BCUT2D eigenvalue weighted by Crippen LogP contribution is 2.38. The van der Waals surface area contributed by atoms with Gasteiger partial charge in [-0.1, -0.05) is 34.1 Å². The molecule has 0 saturated carbocycles. The van der Waals surface area contributed by atoms with Crippen LogP contribution >= 0.6 is 27.3 Å². The molecule has 0 saturated heterocycles. The minimum absolute atomic E-state index is 0.0590. The van der Waals surface area contributed by atoms with E-state index in [1.807, 2.05) is 37.3 Å². The lowest BCUT2D eigenvalue weighted by Gasteiger charge is -2.13. The zero-order chi connectivity index (χ0) is 25.5. The average molecular weight is 562 g/mol. The highest BCUT2D eigenvalue weighted by molar-refractivity contribution is 9.10. The van der Waals surface area contributed by atoms with Crippen LogP contribution in [0.3, 0.4) is 0 Å². The van der Waals surface area contributed by atoms with Crippen molar-refractivity contribution >= 4 is 44.3 Å². The number of rotatable bonds is 8. The van der Waals surface area contributed by atoms with Crippen molar-refractivity contribution in [3.05, 3.63) is 79.6 Å². The van der Waals surface area contributed by atoms with Crippen LogP contribution in [0.1, 0.15) is 46.9 Å². The molecule has 0 radical (unpaired) electrons. The lowest BCUT2D eigenvalue weighted by Crippen LogP contribution is -2.13. The number of nitriles is 2. The minimum Gasteiger partial charge on any atom is -0.490 e.